The second-order valence-electron chi connectivity index (χ2n) is 5.74. The van der Waals surface area contributed by atoms with E-state index in [4.69, 9.17) is 4.74 Å². The molecule has 0 atom stereocenters. The fourth-order valence-electron chi connectivity index (χ4n) is 2.05. The predicted octanol–water partition coefficient (Wildman–Crippen LogP) is 2.71. The monoisotopic (exact) mass is 369 g/mol. The summed E-state index contributed by atoms with van der Waals surface area (Å²) in [6, 6.07) is 12.7. The number of para-hydroxylation sites is 1. The van der Waals surface area contributed by atoms with Crippen molar-refractivity contribution >= 4 is 29.3 Å². The van der Waals surface area contributed by atoms with E-state index in [1.807, 2.05) is 0 Å². The van der Waals surface area contributed by atoms with E-state index in [0.29, 0.717) is 17.0 Å². The summed E-state index contributed by atoms with van der Waals surface area (Å²) in [6.45, 7) is -0.0721. The standard InChI is InChI=1S/C19H19N3O5/c1-21(2)19(24)13-27-16-10-8-15(9-11-16)20-18(23)12-7-14-5-3-4-6-17(14)22(25)26/h3-12H,13H2,1-2H3,(H,20,23)/b12-7+. The Labute approximate surface area is 156 Å². The van der Waals surface area contributed by atoms with Crippen LogP contribution in [-0.2, 0) is 9.59 Å². The fourth-order valence-corrected chi connectivity index (χ4v) is 2.05. The maximum Gasteiger partial charge on any atom is 0.276 e. The van der Waals surface area contributed by atoms with Gasteiger partial charge in [-0.2, -0.15) is 0 Å². The molecule has 8 heteroatoms. The van der Waals surface area contributed by atoms with Crippen LogP contribution in [0.3, 0.4) is 0 Å². The van der Waals surface area contributed by atoms with Crippen LogP contribution in [0.25, 0.3) is 6.08 Å². The molecule has 0 aliphatic heterocycles. The molecule has 27 heavy (non-hydrogen) atoms. The van der Waals surface area contributed by atoms with Crippen molar-refractivity contribution in [2.24, 2.45) is 0 Å². The van der Waals surface area contributed by atoms with E-state index in [9.17, 15) is 19.7 Å². The maximum atomic E-state index is 12.0. The first-order valence-corrected chi connectivity index (χ1v) is 8.02. The number of nitrogens with one attached hydrogen (secondary N) is 1. The zero-order valence-electron chi connectivity index (χ0n) is 14.9. The van der Waals surface area contributed by atoms with Crippen molar-refractivity contribution in [3.8, 4) is 5.75 Å². The van der Waals surface area contributed by atoms with E-state index in [1.54, 1.807) is 56.6 Å². The molecule has 8 nitrogen and oxygen atoms in total. The van der Waals surface area contributed by atoms with E-state index >= 15 is 0 Å². The lowest BCUT2D eigenvalue weighted by Crippen LogP contribution is -2.27. The molecule has 2 aromatic carbocycles. The molecule has 140 valence electrons. The fraction of sp³-hybridized carbons (Fsp3) is 0.158. The molecule has 0 unspecified atom stereocenters. The number of ether oxygens (including phenoxy) is 1. The van der Waals surface area contributed by atoms with Gasteiger partial charge in [0.1, 0.15) is 5.75 Å². The van der Waals surface area contributed by atoms with Gasteiger partial charge in [0.25, 0.3) is 11.6 Å². The number of anilines is 1. The van der Waals surface area contributed by atoms with Crippen molar-refractivity contribution in [2.45, 2.75) is 0 Å². The Morgan fingerprint density at radius 3 is 2.44 bits per heavy atom. The number of nitro groups is 1. The van der Waals surface area contributed by atoms with Crippen LogP contribution in [0.4, 0.5) is 11.4 Å². The van der Waals surface area contributed by atoms with E-state index in [1.165, 1.54) is 23.1 Å². The highest BCUT2D eigenvalue weighted by atomic mass is 16.6. The predicted molar refractivity (Wildman–Crippen MR) is 101 cm³/mol. The highest BCUT2D eigenvalue weighted by Gasteiger charge is 2.10. The van der Waals surface area contributed by atoms with Gasteiger partial charge in [0.05, 0.1) is 10.5 Å². The van der Waals surface area contributed by atoms with Crippen LogP contribution in [0.5, 0.6) is 5.75 Å². The Morgan fingerprint density at radius 1 is 1.15 bits per heavy atom. The zero-order valence-corrected chi connectivity index (χ0v) is 14.9. The Kier molecular flexibility index (Phi) is 6.65. The first kappa shape index (κ1) is 19.6. The molecule has 0 spiro atoms. The van der Waals surface area contributed by atoms with Crippen LogP contribution in [0, 0.1) is 10.1 Å². The first-order valence-electron chi connectivity index (χ1n) is 8.02. The van der Waals surface area contributed by atoms with Gasteiger partial charge < -0.3 is 15.0 Å². The van der Waals surface area contributed by atoms with Crippen LogP contribution in [0.15, 0.2) is 54.6 Å². The van der Waals surface area contributed by atoms with E-state index in [-0.39, 0.29) is 18.2 Å². The summed E-state index contributed by atoms with van der Waals surface area (Å²) >= 11 is 0. The normalized spacial score (nSPS) is 10.4. The molecule has 0 saturated heterocycles. The number of rotatable bonds is 7. The third-order valence-corrected chi connectivity index (χ3v) is 3.53. The number of benzene rings is 2. The molecule has 0 aromatic heterocycles. The number of hydrogen-bond donors (Lipinski definition) is 1. The van der Waals surface area contributed by atoms with Gasteiger partial charge in [-0.25, -0.2) is 0 Å². The van der Waals surface area contributed by atoms with Gasteiger partial charge in [0.15, 0.2) is 6.61 Å². The van der Waals surface area contributed by atoms with E-state index in [0.717, 1.165) is 0 Å². The Bertz CT molecular complexity index is 860. The van der Waals surface area contributed by atoms with Crippen LogP contribution in [0.2, 0.25) is 0 Å². The largest absolute Gasteiger partial charge is 0.484 e. The quantitative estimate of drug-likeness (QED) is 0.459. The minimum atomic E-state index is -0.503. The smallest absolute Gasteiger partial charge is 0.276 e. The van der Waals surface area contributed by atoms with Gasteiger partial charge in [-0.1, -0.05) is 12.1 Å². The van der Waals surface area contributed by atoms with Crippen molar-refractivity contribution in [3.63, 3.8) is 0 Å². The average molecular weight is 369 g/mol. The third-order valence-electron chi connectivity index (χ3n) is 3.53. The van der Waals surface area contributed by atoms with Gasteiger partial charge in [-0.3, -0.25) is 19.7 Å². The molecule has 0 aliphatic rings. The SMILES string of the molecule is CN(C)C(=O)COc1ccc(NC(=O)/C=C/c2ccccc2[N+](=O)[O-])cc1. The minimum Gasteiger partial charge on any atom is -0.484 e. The molecule has 0 radical (unpaired) electrons. The molecule has 1 N–H and O–H groups in total. The van der Waals surface area contributed by atoms with Crippen molar-refractivity contribution < 1.29 is 19.2 Å². The number of carbonyl (C=O) groups excluding carboxylic acids is 2. The number of nitrogens with zero attached hydrogens (tertiary/aromatic N) is 2. The second kappa shape index (κ2) is 9.14. The molecule has 0 bridgehead atoms. The van der Waals surface area contributed by atoms with Gasteiger partial charge in [0.2, 0.25) is 5.91 Å². The lowest BCUT2D eigenvalue weighted by Gasteiger charge is -2.11. The summed E-state index contributed by atoms with van der Waals surface area (Å²) in [5.74, 6) is -0.0872. The summed E-state index contributed by atoms with van der Waals surface area (Å²) in [6.07, 6.45) is 2.61. The third kappa shape index (κ3) is 5.96. The number of likely N-dealkylation sites (N-methyl/N-ethyl adjacent to an activating group) is 1. The van der Waals surface area contributed by atoms with Crippen molar-refractivity contribution in [2.75, 3.05) is 26.0 Å². The Morgan fingerprint density at radius 2 is 1.81 bits per heavy atom. The lowest BCUT2D eigenvalue weighted by molar-refractivity contribution is -0.385. The van der Waals surface area contributed by atoms with E-state index < -0.39 is 10.8 Å². The number of nitro benzene ring substituents is 1. The lowest BCUT2D eigenvalue weighted by atomic mass is 10.1. The van der Waals surface area contributed by atoms with Gasteiger partial charge in [-0.05, 0) is 36.4 Å². The Hall–Kier alpha value is -3.68. The number of amides is 2. The van der Waals surface area contributed by atoms with Gasteiger partial charge in [0, 0.05) is 31.9 Å². The van der Waals surface area contributed by atoms with Gasteiger partial charge in [-0.15, -0.1) is 0 Å². The van der Waals surface area contributed by atoms with Crippen molar-refractivity contribution in [1.82, 2.24) is 4.90 Å². The first-order chi connectivity index (χ1) is 12.9. The molecule has 2 amide bonds. The van der Waals surface area contributed by atoms with Crippen LogP contribution in [-0.4, -0.2) is 42.3 Å². The highest BCUT2D eigenvalue weighted by molar-refractivity contribution is 6.02. The van der Waals surface area contributed by atoms with Crippen molar-refractivity contribution in [3.05, 3.63) is 70.3 Å². The summed E-state index contributed by atoms with van der Waals surface area (Å²) in [4.78, 5) is 35.4. The summed E-state index contributed by atoms with van der Waals surface area (Å²) < 4.78 is 5.35. The zero-order chi connectivity index (χ0) is 19.8. The minimum absolute atomic E-state index is 0.0721. The second-order valence-corrected chi connectivity index (χ2v) is 5.74. The highest BCUT2D eigenvalue weighted by Crippen LogP contribution is 2.19. The molecular formula is C19H19N3O5. The summed E-state index contributed by atoms with van der Waals surface area (Å²) in [5.41, 5.74) is 0.792. The molecular weight excluding hydrogens is 350 g/mol. The Balaban J connectivity index is 1.94. The molecule has 2 aromatic rings. The number of carbonyl (C=O) groups is 2. The van der Waals surface area contributed by atoms with Gasteiger partial charge >= 0.3 is 0 Å². The molecule has 2 rings (SSSR count). The molecule has 0 fully saturated rings. The van der Waals surface area contributed by atoms with Crippen LogP contribution >= 0.6 is 0 Å². The average Bonchev–Trinajstić information content (AvgIpc) is 2.65. The molecule has 0 aliphatic carbocycles. The number of hydrogen-bond acceptors (Lipinski definition) is 5. The van der Waals surface area contributed by atoms with Crippen LogP contribution in [0.1, 0.15) is 5.56 Å². The maximum absolute atomic E-state index is 12.0. The van der Waals surface area contributed by atoms with Crippen molar-refractivity contribution in [1.29, 1.82) is 0 Å². The summed E-state index contributed by atoms with van der Waals surface area (Å²) in [5, 5.41) is 13.6. The molecule has 0 heterocycles. The van der Waals surface area contributed by atoms with E-state index in [2.05, 4.69) is 5.32 Å². The topological polar surface area (TPSA) is 102 Å². The summed E-state index contributed by atoms with van der Waals surface area (Å²) in [7, 11) is 3.28. The van der Waals surface area contributed by atoms with Crippen LogP contribution < -0.4 is 10.1 Å². The molecule has 0 saturated carbocycles.